The zero-order valence-corrected chi connectivity index (χ0v) is 14.6. The Morgan fingerprint density at radius 2 is 2.00 bits per heavy atom. The lowest BCUT2D eigenvalue weighted by atomic mass is 10.2. The number of aryl methyl sites for hydroxylation is 1. The third kappa shape index (κ3) is 3.66. The SMILES string of the molecule is Cc1ccc(F)cc1NCN1C(=O)C(=Cc2ccccc2)SC1=S. The van der Waals surface area contributed by atoms with Crippen LogP contribution in [0, 0.1) is 12.7 Å². The van der Waals surface area contributed by atoms with Gasteiger partial charge in [-0.05, 0) is 36.3 Å². The first kappa shape index (κ1) is 16.7. The molecule has 0 bridgehead atoms. The Morgan fingerprint density at radius 3 is 2.75 bits per heavy atom. The topological polar surface area (TPSA) is 32.3 Å². The van der Waals surface area contributed by atoms with Crippen molar-refractivity contribution in [2.24, 2.45) is 0 Å². The molecule has 0 atom stereocenters. The molecule has 3 nitrogen and oxygen atoms in total. The second-order valence-corrected chi connectivity index (χ2v) is 6.99. The van der Waals surface area contributed by atoms with Crippen LogP contribution in [0.25, 0.3) is 6.08 Å². The first-order valence-corrected chi connectivity index (χ1v) is 8.57. The van der Waals surface area contributed by atoms with Crippen LogP contribution >= 0.6 is 24.0 Å². The minimum absolute atomic E-state index is 0.143. The summed E-state index contributed by atoms with van der Waals surface area (Å²) in [5.74, 6) is -0.465. The van der Waals surface area contributed by atoms with Gasteiger partial charge in [0.25, 0.3) is 5.91 Å². The summed E-state index contributed by atoms with van der Waals surface area (Å²) in [6.07, 6.45) is 1.83. The quantitative estimate of drug-likeness (QED) is 0.648. The second-order valence-electron chi connectivity index (χ2n) is 5.31. The summed E-state index contributed by atoms with van der Waals surface area (Å²) in [7, 11) is 0. The molecule has 1 saturated heterocycles. The average molecular weight is 358 g/mol. The highest BCUT2D eigenvalue weighted by Gasteiger charge is 2.31. The molecule has 1 fully saturated rings. The molecule has 1 heterocycles. The van der Waals surface area contributed by atoms with Crippen molar-refractivity contribution in [3.05, 3.63) is 70.4 Å². The highest BCUT2D eigenvalue weighted by molar-refractivity contribution is 8.26. The number of hydrogen-bond acceptors (Lipinski definition) is 4. The van der Waals surface area contributed by atoms with Crippen molar-refractivity contribution in [1.29, 1.82) is 0 Å². The number of halogens is 1. The molecule has 0 aliphatic carbocycles. The fourth-order valence-electron chi connectivity index (χ4n) is 2.29. The van der Waals surface area contributed by atoms with Crippen molar-refractivity contribution >= 4 is 46.0 Å². The maximum atomic E-state index is 13.3. The Morgan fingerprint density at radius 1 is 1.25 bits per heavy atom. The van der Waals surface area contributed by atoms with Crippen LogP contribution in [-0.2, 0) is 4.79 Å². The average Bonchev–Trinajstić information content (AvgIpc) is 2.83. The van der Waals surface area contributed by atoms with E-state index in [2.05, 4.69) is 5.32 Å². The minimum atomic E-state index is -0.322. The predicted octanol–water partition coefficient (Wildman–Crippen LogP) is 4.40. The molecule has 24 heavy (non-hydrogen) atoms. The van der Waals surface area contributed by atoms with E-state index in [0.29, 0.717) is 14.9 Å². The van der Waals surface area contributed by atoms with Crippen molar-refractivity contribution < 1.29 is 9.18 Å². The number of nitrogens with zero attached hydrogens (tertiary/aromatic N) is 1. The summed E-state index contributed by atoms with van der Waals surface area (Å²) >= 11 is 6.57. The molecule has 3 rings (SSSR count). The molecule has 0 saturated carbocycles. The Bertz CT molecular complexity index is 821. The first-order valence-electron chi connectivity index (χ1n) is 7.35. The molecule has 0 aromatic heterocycles. The minimum Gasteiger partial charge on any atom is -0.367 e. The number of carbonyl (C=O) groups excluding carboxylic acids is 1. The third-order valence-corrected chi connectivity index (χ3v) is 4.98. The van der Waals surface area contributed by atoms with Crippen molar-refractivity contribution in [3.8, 4) is 0 Å². The van der Waals surface area contributed by atoms with Gasteiger partial charge < -0.3 is 5.32 Å². The van der Waals surface area contributed by atoms with Gasteiger partial charge in [0.15, 0.2) is 0 Å². The van der Waals surface area contributed by atoms with Gasteiger partial charge in [0.1, 0.15) is 10.1 Å². The van der Waals surface area contributed by atoms with Gasteiger partial charge in [-0.2, -0.15) is 0 Å². The number of anilines is 1. The lowest BCUT2D eigenvalue weighted by molar-refractivity contribution is -0.121. The zero-order chi connectivity index (χ0) is 17.1. The molecule has 122 valence electrons. The van der Waals surface area contributed by atoms with E-state index >= 15 is 0 Å². The third-order valence-electron chi connectivity index (χ3n) is 3.60. The highest BCUT2D eigenvalue weighted by Crippen LogP contribution is 2.32. The van der Waals surface area contributed by atoms with Crippen molar-refractivity contribution in [2.75, 3.05) is 12.0 Å². The molecule has 0 unspecified atom stereocenters. The Labute approximate surface area is 149 Å². The number of rotatable bonds is 4. The lowest BCUT2D eigenvalue weighted by Gasteiger charge is -2.17. The highest BCUT2D eigenvalue weighted by atomic mass is 32.2. The van der Waals surface area contributed by atoms with Crippen LogP contribution in [0.4, 0.5) is 10.1 Å². The van der Waals surface area contributed by atoms with E-state index in [9.17, 15) is 9.18 Å². The Balaban J connectivity index is 1.73. The fraction of sp³-hybridized carbons (Fsp3) is 0.111. The lowest BCUT2D eigenvalue weighted by Crippen LogP contribution is -2.33. The standard InChI is InChI=1S/C18H15FN2OS2/c1-12-7-8-14(19)10-15(12)20-11-21-17(22)16(24-18(21)23)9-13-5-3-2-4-6-13/h2-10,20H,11H2,1H3. The summed E-state index contributed by atoms with van der Waals surface area (Å²) in [5.41, 5.74) is 2.50. The van der Waals surface area contributed by atoms with E-state index in [0.717, 1.165) is 11.1 Å². The summed E-state index contributed by atoms with van der Waals surface area (Å²) in [5, 5.41) is 3.08. The van der Waals surface area contributed by atoms with Crippen molar-refractivity contribution in [3.63, 3.8) is 0 Å². The van der Waals surface area contributed by atoms with Crippen LogP contribution < -0.4 is 5.32 Å². The second kappa shape index (κ2) is 7.15. The van der Waals surface area contributed by atoms with Gasteiger partial charge >= 0.3 is 0 Å². The molecular weight excluding hydrogens is 343 g/mol. The van der Waals surface area contributed by atoms with Crippen LogP contribution in [0.1, 0.15) is 11.1 Å². The Hall–Kier alpha value is -2.18. The molecule has 6 heteroatoms. The maximum absolute atomic E-state index is 13.3. The number of amides is 1. The van der Waals surface area contributed by atoms with Gasteiger partial charge in [0.2, 0.25) is 0 Å². The van der Waals surface area contributed by atoms with Crippen LogP contribution in [0.2, 0.25) is 0 Å². The predicted molar refractivity (Wildman–Crippen MR) is 101 cm³/mol. The van der Waals surface area contributed by atoms with E-state index in [-0.39, 0.29) is 18.4 Å². The zero-order valence-electron chi connectivity index (χ0n) is 13.0. The molecule has 0 radical (unpaired) electrons. The van der Waals surface area contributed by atoms with E-state index in [1.807, 2.05) is 43.3 Å². The number of benzene rings is 2. The molecule has 2 aromatic carbocycles. The normalized spacial score (nSPS) is 16.1. The number of thiocarbonyl (C=S) groups is 1. The molecule has 0 spiro atoms. The van der Waals surface area contributed by atoms with E-state index in [1.165, 1.54) is 28.8 Å². The number of nitrogens with one attached hydrogen (secondary N) is 1. The summed E-state index contributed by atoms with van der Waals surface area (Å²) in [6, 6.07) is 14.1. The van der Waals surface area contributed by atoms with E-state index < -0.39 is 0 Å². The van der Waals surface area contributed by atoms with E-state index in [1.54, 1.807) is 6.07 Å². The Kier molecular flexibility index (Phi) is 4.97. The largest absolute Gasteiger partial charge is 0.367 e. The monoisotopic (exact) mass is 358 g/mol. The number of hydrogen-bond donors (Lipinski definition) is 1. The summed E-state index contributed by atoms with van der Waals surface area (Å²) in [4.78, 5) is 14.6. The summed E-state index contributed by atoms with van der Waals surface area (Å²) in [6.45, 7) is 2.09. The van der Waals surface area contributed by atoms with Crippen LogP contribution in [0.15, 0.2) is 53.4 Å². The van der Waals surface area contributed by atoms with Crippen molar-refractivity contribution in [1.82, 2.24) is 4.90 Å². The summed E-state index contributed by atoms with van der Waals surface area (Å²) < 4.78 is 13.8. The van der Waals surface area contributed by atoms with Crippen LogP contribution in [0.3, 0.4) is 0 Å². The fourth-order valence-corrected chi connectivity index (χ4v) is 3.54. The molecule has 1 amide bonds. The molecular formula is C18H15FN2OS2. The van der Waals surface area contributed by atoms with Crippen LogP contribution in [0.5, 0.6) is 0 Å². The number of carbonyl (C=O) groups is 1. The maximum Gasteiger partial charge on any atom is 0.267 e. The van der Waals surface area contributed by atoms with Gasteiger partial charge in [-0.15, -0.1) is 0 Å². The number of thioether (sulfide) groups is 1. The van der Waals surface area contributed by atoms with Gasteiger partial charge in [0, 0.05) is 5.69 Å². The first-order chi connectivity index (χ1) is 11.5. The van der Waals surface area contributed by atoms with Crippen LogP contribution in [-0.4, -0.2) is 21.8 Å². The van der Waals surface area contributed by atoms with Gasteiger partial charge in [-0.25, -0.2) is 4.39 Å². The molecule has 1 N–H and O–H groups in total. The van der Waals surface area contributed by atoms with E-state index in [4.69, 9.17) is 12.2 Å². The smallest absolute Gasteiger partial charge is 0.267 e. The van der Waals surface area contributed by atoms with Crippen molar-refractivity contribution in [2.45, 2.75) is 6.92 Å². The van der Waals surface area contributed by atoms with Gasteiger partial charge in [-0.1, -0.05) is 60.4 Å². The van der Waals surface area contributed by atoms with Gasteiger partial charge in [-0.3, -0.25) is 9.69 Å². The molecule has 2 aromatic rings. The molecule has 1 aliphatic heterocycles. The van der Waals surface area contributed by atoms with Gasteiger partial charge in [0.05, 0.1) is 11.6 Å². The molecule has 1 aliphatic rings.